The molecule has 3 saturated heterocycles. The van der Waals surface area contributed by atoms with Gasteiger partial charge in [0.25, 0.3) is 0 Å². The van der Waals surface area contributed by atoms with Crippen molar-refractivity contribution < 1.29 is 4.79 Å². The van der Waals surface area contributed by atoms with Crippen molar-refractivity contribution in [1.82, 2.24) is 15.1 Å². The minimum atomic E-state index is 0.366. The summed E-state index contributed by atoms with van der Waals surface area (Å²) < 4.78 is 0. The molecule has 2 bridgehead atoms. The van der Waals surface area contributed by atoms with E-state index in [4.69, 9.17) is 0 Å². The van der Waals surface area contributed by atoms with Gasteiger partial charge in [-0.05, 0) is 64.5 Å². The fourth-order valence-electron chi connectivity index (χ4n) is 4.72. The number of fused-ring (bicyclic) bond motifs is 2. The Morgan fingerprint density at radius 1 is 1.18 bits per heavy atom. The largest absolute Gasteiger partial charge is 0.346 e. The van der Waals surface area contributed by atoms with Gasteiger partial charge in [-0.3, -0.25) is 4.79 Å². The number of piperidine rings is 2. The van der Waals surface area contributed by atoms with Crippen molar-refractivity contribution in [3.63, 3.8) is 0 Å². The number of nitrogens with one attached hydrogen (secondary N) is 1. The summed E-state index contributed by atoms with van der Waals surface area (Å²) in [5.74, 6) is 0.982. The molecule has 0 aromatic heterocycles. The van der Waals surface area contributed by atoms with Gasteiger partial charge in [-0.15, -0.1) is 0 Å². The second-order valence-electron chi connectivity index (χ2n) is 7.91. The second kappa shape index (κ2) is 7.31. The summed E-state index contributed by atoms with van der Waals surface area (Å²) in [6, 6.07) is 2.06. The second-order valence-corrected chi connectivity index (χ2v) is 7.91. The van der Waals surface area contributed by atoms with E-state index in [2.05, 4.69) is 17.3 Å². The van der Waals surface area contributed by atoms with Gasteiger partial charge in [0.15, 0.2) is 0 Å². The van der Waals surface area contributed by atoms with Crippen molar-refractivity contribution in [3.05, 3.63) is 0 Å². The molecule has 1 N–H and O–H groups in total. The highest BCUT2D eigenvalue weighted by atomic mass is 16.2. The summed E-state index contributed by atoms with van der Waals surface area (Å²) in [6.45, 7) is 2.14. The number of rotatable bonds is 5. The summed E-state index contributed by atoms with van der Waals surface area (Å²) >= 11 is 0. The van der Waals surface area contributed by atoms with E-state index >= 15 is 0 Å². The van der Waals surface area contributed by atoms with Crippen LogP contribution in [0, 0.1) is 5.92 Å². The van der Waals surface area contributed by atoms with Crippen LogP contribution in [0.5, 0.6) is 0 Å². The van der Waals surface area contributed by atoms with Gasteiger partial charge in [0.05, 0.1) is 0 Å². The normalized spacial score (nSPS) is 35.5. The molecule has 4 nitrogen and oxygen atoms in total. The van der Waals surface area contributed by atoms with Gasteiger partial charge in [0, 0.05) is 38.1 Å². The lowest BCUT2D eigenvalue weighted by Gasteiger charge is -2.34. The molecule has 126 valence electrons. The number of amides is 1. The standard InChI is InChI=1S/C18H33N3O/c1-20-9-4-3-5-17(20)8-10-21(2)18(22)13-14-11-15-6-7-16(12-14)19-15/h14-17,19H,3-13H2,1-2H3. The van der Waals surface area contributed by atoms with E-state index in [1.807, 2.05) is 11.9 Å². The Bertz CT molecular complexity index is 375. The first-order valence-electron chi connectivity index (χ1n) is 9.32. The van der Waals surface area contributed by atoms with Gasteiger partial charge in [0.2, 0.25) is 5.91 Å². The van der Waals surface area contributed by atoms with E-state index in [9.17, 15) is 4.79 Å². The Hall–Kier alpha value is -0.610. The number of hydrogen-bond acceptors (Lipinski definition) is 3. The van der Waals surface area contributed by atoms with E-state index in [1.165, 1.54) is 51.5 Å². The molecule has 3 unspecified atom stereocenters. The van der Waals surface area contributed by atoms with Crippen molar-refractivity contribution in [2.45, 2.75) is 75.9 Å². The maximum absolute atomic E-state index is 12.5. The minimum absolute atomic E-state index is 0.366. The Labute approximate surface area is 135 Å². The van der Waals surface area contributed by atoms with Crippen LogP contribution in [-0.2, 0) is 4.79 Å². The van der Waals surface area contributed by atoms with Gasteiger partial charge in [0.1, 0.15) is 0 Å². The van der Waals surface area contributed by atoms with Crippen molar-refractivity contribution >= 4 is 5.91 Å². The molecule has 0 spiro atoms. The van der Waals surface area contributed by atoms with Gasteiger partial charge < -0.3 is 15.1 Å². The average Bonchev–Trinajstić information content (AvgIpc) is 2.85. The number of likely N-dealkylation sites (tertiary alicyclic amines) is 1. The van der Waals surface area contributed by atoms with Crippen LogP contribution >= 0.6 is 0 Å². The zero-order valence-electron chi connectivity index (χ0n) is 14.4. The van der Waals surface area contributed by atoms with Crippen LogP contribution in [0.15, 0.2) is 0 Å². The SMILES string of the molecule is CN(CCC1CCCCN1C)C(=O)CC1CC2CCC(C1)N2. The van der Waals surface area contributed by atoms with Gasteiger partial charge in [-0.25, -0.2) is 0 Å². The van der Waals surface area contributed by atoms with Crippen LogP contribution in [0.2, 0.25) is 0 Å². The highest BCUT2D eigenvalue weighted by Gasteiger charge is 2.34. The maximum Gasteiger partial charge on any atom is 0.222 e. The minimum Gasteiger partial charge on any atom is -0.346 e. The lowest BCUT2D eigenvalue weighted by atomic mass is 9.89. The maximum atomic E-state index is 12.5. The molecule has 3 atom stereocenters. The third kappa shape index (κ3) is 4.02. The summed E-state index contributed by atoms with van der Waals surface area (Å²) in [6.07, 6.45) is 10.9. The van der Waals surface area contributed by atoms with Crippen molar-refractivity contribution in [1.29, 1.82) is 0 Å². The van der Waals surface area contributed by atoms with E-state index in [0.717, 1.165) is 19.4 Å². The van der Waals surface area contributed by atoms with Gasteiger partial charge >= 0.3 is 0 Å². The first-order valence-corrected chi connectivity index (χ1v) is 9.32. The van der Waals surface area contributed by atoms with Crippen LogP contribution in [-0.4, -0.2) is 61.0 Å². The number of carbonyl (C=O) groups excluding carboxylic acids is 1. The number of nitrogens with zero attached hydrogens (tertiary/aromatic N) is 2. The van der Waals surface area contributed by atoms with E-state index in [1.54, 1.807) is 0 Å². The van der Waals surface area contributed by atoms with Crippen molar-refractivity contribution in [2.24, 2.45) is 5.92 Å². The lowest BCUT2D eigenvalue weighted by molar-refractivity contribution is -0.131. The zero-order valence-corrected chi connectivity index (χ0v) is 14.4. The number of hydrogen-bond donors (Lipinski definition) is 1. The topological polar surface area (TPSA) is 35.6 Å². The molecule has 22 heavy (non-hydrogen) atoms. The quantitative estimate of drug-likeness (QED) is 0.846. The summed E-state index contributed by atoms with van der Waals surface area (Å²) in [5, 5.41) is 3.67. The summed E-state index contributed by atoms with van der Waals surface area (Å²) in [5.41, 5.74) is 0. The first kappa shape index (κ1) is 16.3. The van der Waals surface area contributed by atoms with Crippen LogP contribution in [0.25, 0.3) is 0 Å². The molecule has 0 aliphatic carbocycles. The summed E-state index contributed by atoms with van der Waals surface area (Å²) in [7, 11) is 4.23. The van der Waals surface area contributed by atoms with E-state index in [-0.39, 0.29) is 0 Å². The van der Waals surface area contributed by atoms with Crippen LogP contribution in [0.1, 0.15) is 57.8 Å². The molecule has 3 rings (SSSR count). The smallest absolute Gasteiger partial charge is 0.222 e. The Balaban J connectivity index is 1.40. The average molecular weight is 307 g/mol. The fourth-order valence-corrected chi connectivity index (χ4v) is 4.72. The highest BCUT2D eigenvalue weighted by molar-refractivity contribution is 5.76. The fraction of sp³-hybridized carbons (Fsp3) is 0.944. The van der Waals surface area contributed by atoms with E-state index in [0.29, 0.717) is 30.0 Å². The molecule has 0 radical (unpaired) electrons. The highest BCUT2D eigenvalue weighted by Crippen LogP contribution is 2.33. The van der Waals surface area contributed by atoms with Crippen LogP contribution < -0.4 is 5.32 Å². The third-order valence-corrected chi connectivity index (χ3v) is 6.18. The molecule has 3 aliphatic heterocycles. The van der Waals surface area contributed by atoms with Gasteiger partial charge in [-0.1, -0.05) is 6.42 Å². The molecule has 1 amide bonds. The monoisotopic (exact) mass is 307 g/mol. The molecule has 0 saturated carbocycles. The molecule has 4 heteroatoms. The predicted octanol–water partition coefficient (Wildman–Crippen LogP) is 2.24. The Morgan fingerprint density at radius 3 is 2.59 bits per heavy atom. The van der Waals surface area contributed by atoms with Crippen LogP contribution in [0.3, 0.4) is 0 Å². The third-order valence-electron chi connectivity index (χ3n) is 6.18. The lowest BCUT2D eigenvalue weighted by Crippen LogP contribution is -2.41. The zero-order chi connectivity index (χ0) is 15.5. The Kier molecular flexibility index (Phi) is 5.40. The molecule has 3 aliphatic rings. The molecular formula is C18H33N3O. The van der Waals surface area contributed by atoms with Crippen molar-refractivity contribution in [2.75, 3.05) is 27.2 Å². The molecule has 3 fully saturated rings. The number of carbonyl (C=O) groups is 1. The molecule has 0 aromatic carbocycles. The van der Waals surface area contributed by atoms with Crippen LogP contribution in [0.4, 0.5) is 0 Å². The predicted molar refractivity (Wildman–Crippen MR) is 89.8 cm³/mol. The van der Waals surface area contributed by atoms with Gasteiger partial charge in [-0.2, -0.15) is 0 Å². The van der Waals surface area contributed by atoms with Crippen molar-refractivity contribution in [3.8, 4) is 0 Å². The molecule has 3 heterocycles. The molecule has 0 aromatic rings. The Morgan fingerprint density at radius 2 is 1.91 bits per heavy atom. The first-order chi connectivity index (χ1) is 10.6. The molecular weight excluding hydrogens is 274 g/mol. The van der Waals surface area contributed by atoms with E-state index < -0.39 is 0 Å². The summed E-state index contributed by atoms with van der Waals surface area (Å²) in [4.78, 5) is 17.0.